The topological polar surface area (TPSA) is 98.7 Å². The van der Waals surface area contributed by atoms with Gasteiger partial charge in [0.05, 0.1) is 6.42 Å². The van der Waals surface area contributed by atoms with E-state index >= 15 is 0 Å². The van der Waals surface area contributed by atoms with Crippen LogP contribution in [0.25, 0.3) is 0 Å². The Balaban J connectivity index is 2.20. The zero-order chi connectivity index (χ0) is 13.4. The summed E-state index contributed by atoms with van der Waals surface area (Å²) in [6.07, 6.45) is 5.38. The van der Waals surface area contributed by atoms with E-state index in [1.54, 1.807) is 0 Å². The van der Waals surface area contributed by atoms with Crippen molar-refractivity contribution < 1.29 is 19.8 Å². The number of aliphatic carboxylic acids is 1. The summed E-state index contributed by atoms with van der Waals surface area (Å²) in [5.41, 5.74) is 0. The van der Waals surface area contributed by atoms with Crippen LogP contribution in [0.2, 0.25) is 0 Å². The highest BCUT2D eigenvalue weighted by atomic mass is 16.4. The van der Waals surface area contributed by atoms with Crippen molar-refractivity contribution in [3.8, 4) is 0 Å². The number of carbonyl (C=O) groups excluding carboxylic acids is 1. The lowest BCUT2D eigenvalue weighted by Crippen LogP contribution is -2.44. The number of carboxylic acid groups (broad SMARTS) is 1. The molecular weight excluding hydrogens is 236 g/mol. The molecule has 0 aromatic rings. The van der Waals surface area contributed by atoms with E-state index in [0.29, 0.717) is 0 Å². The number of carbonyl (C=O) groups is 2. The number of nitrogens with one attached hydrogen (secondary N) is 2. The second-order valence-corrected chi connectivity index (χ2v) is 4.84. The van der Waals surface area contributed by atoms with E-state index in [0.717, 1.165) is 25.7 Å². The van der Waals surface area contributed by atoms with Crippen LogP contribution in [0.3, 0.4) is 0 Å². The van der Waals surface area contributed by atoms with Gasteiger partial charge in [0, 0.05) is 25.1 Å². The lowest BCUT2D eigenvalue weighted by atomic mass is 9.96. The van der Waals surface area contributed by atoms with Gasteiger partial charge in [-0.3, -0.25) is 4.79 Å². The molecule has 104 valence electrons. The van der Waals surface area contributed by atoms with Crippen molar-refractivity contribution in [2.24, 2.45) is 5.92 Å². The van der Waals surface area contributed by atoms with Crippen LogP contribution in [0.5, 0.6) is 0 Å². The van der Waals surface area contributed by atoms with Crippen molar-refractivity contribution in [2.45, 2.75) is 44.6 Å². The standard InChI is InChI=1S/C12H22N2O4/c15-8-9(6-11(16)17)7-13-12(18)14-10-4-2-1-3-5-10/h9-10,15H,1-8H2,(H,16,17)(H2,13,14,18). The maximum Gasteiger partial charge on any atom is 0.315 e. The predicted molar refractivity (Wildman–Crippen MR) is 66.2 cm³/mol. The fourth-order valence-electron chi connectivity index (χ4n) is 2.17. The second-order valence-electron chi connectivity index (χ2n) is 4.84. The molecule has 0 radical (unpaired) electrons. The van der Waals surface area contributed by atoms with Gasteiger partial charge in [0.1, 0.15) is 0 Å². The number of urea groups is 1. The Kier molecular flexibility index (Phi) is 6.49. The number of carboxylic acids is 1. The molecule has 1 saturated carbocycles. The van der Waals surface area contributed by atoms with Crippen LogP contribution < -0.4 is 10.6 Å². The van der Waals surface area contributed by atoms with Gasteiger partial charge < -0.3 is 20.8 Å². The van der Waals surface area contributed by atoms with Crippen LogP contribution in [0.4, 0.5) is 4.79 Å². The number of hydrogen-bond acceptors (Lipinski definition) is 3. The highest BCUT2D eigenvalue weighted by Crippen LogP contribution is 2.17. The summed E-state index contributed by atoms with van der Waals surface area (Å²) in [5.74, 6) is -1.40. The van der Waals surface area contributed by atoms with E-state index in [9.17, 15) is 9.59 Å². The van der Waals surface area contributed by atoms with Crippen molar-refractivity contribution in [3.63, 3.8) is 0 Å². The van der Waals surface area contributed by atoms with Gasteiger partial charge >= 0.3 is 12.0 Å². The first kappa shape index (κ1) is 14.8. The van der Waals surface area contributed by atoms with E-state index in [-0.39, 0.29) is 31.6 Å². The Morgan fingerprint density at radius 2 is 1.89 bits per heavy atom. The van der Waals surface area contributed by atoms with Crippen LogP contribution >= 0.6 is 0 Å². The summed E-state index contributed by atoms with van der Waals surface area (Å²) >= 11 is 0. The Hall–Kier alpha value is -1.30. The summed E-state index contributed by atoms with van der Waals surface area (Å²) in [4.78, 5) is 22.1. The van der Waals surface area contributed by atoms with E-state index in [1.807, 2.05) is 0 Å². The molecule has 1 aliphatic rings. The van der Waals surface area contributed by atoms with Crippen molar-refractivity contribution in [1.82, 2.24) is 10.6 Å². The molecule has 1 fully saturated rings. The van der Waals surface area contributed by atoms with Crippen LogP contribution in [0.1, 0.15) is 38.5 Å². The number of hydrogen-bond donors (Lipinski definition) is 4. The van der Waals surface area contributed by atoms with Gasteiger partial charge in [-0.1, -0.05) is 19.3 Å². The quantitative estimate of drug-likeness (QED) is 0.563. The molecular formula is C12H22N2O4. The van der Waals surface area contributed by atoms with Crippen molar-refractivity contribution >= 4 is 12.0 Å². The molecule has 6 heteroatoms. The minimum Gasteiger partial charge on any atom is -0.481 e. The minimum atomic E-state index is -0.969. The third-order valence-corrected chi connectivity index (χ3v) is 3.21. The summed E-state index contributed by atoms with van der Waals surface area (Å²) in [6.45, 7) is -0.0582. The molecule has 1 atom stereocenters. The lowest BCUT2D eigenvalue weighted by molar-refractivity contribution is -0.138. The lowest BCUT2D eigenvalue weighted by Gasteiger charge is -2.23. The van der Waals surface area contributed by atoms with Crippen molar-refractivity contribution in [2.75, 3.05) is 13.2 Å². The molecule has 1 unspecified atom stereocenters. The average molecular weight is 258 g/mol. The molecule has 18 heavy (non-hydrogen) atoms. The average Bonchev–Trinajstić information content (AvgIpc) is 2.35. The Bertz CT molecular complexity index is 277. The minimum absolute atomic E-state index is 0.139. The predicted octanol–water partition coefficient (Wildman–Crippen LogP) is 0.701. The van der Waals surface area contributed by atoms with Gasteiger partial charge in [-0.2, -0.15) is 0 Å². The first-order chi connectivity index (χ1) is 8.61. The summed E-state index contributed by atoms with van der Waals surface area (Å²) in [7, 11) is 0. The smallest absolute Gasteiger partial charge is 0.315 e. The van der Waals surface area contributed by atoms with E-state index in [4.69, 9.17) is 10.2 Å². The first-order valence-corrected chi connectivity index (χ1v) is 6.49. The van der Waals surface area contributed by atoms with Gasteiger partial charge in [0.2, 0.25) is 0 Å². The normalized spacial score (nSPS) is 18.1. The maximum absolute atomic E-state index is 11.6. The fourth-order valence-corrected chi connectivity index (χ4v) is 2.17. The van der Waals surface area contributed by atoms with Gasteiger partial charge in [-0.25, -0.2) is 4.79 Å². The third-order valence-electron chi connectivity index (χ3n) is 3.21. The molecule has 2 amide bonds. The summed E-state index contributed by atoms with van der Waals surface area (Å²) in [5, 5.41) is 23.1. The first-order valence-electron chi connectivity index (χ1n) is 6.49. The Labute approximate surface area is 107 Å². The SMILES string of the molecule is O=C(O)CC(CO)CNC(=O)NC1CCCCC1. The van der Waals surface area contributed by atoms with Crippen LogP contribution in [-0.4, -0.2) is 41.4 Å². The van der Waals surface area contributed by atoms with Gasteiger partial charge in [-0.05, 0) is 12.8 Å². The monoisotopic (exact) mass is 258 g/mol. The van der Waals surface area contributed by atoms with Crippen LogP contribution in [-0.2, 0) is 4.79 Å². The number of aliphatic hydroxyl groups excluding tert-OH is 1. The van der Waals surface area contributed by atoms with E-state index < -0.39 is 11.9 Å². The molecule has 0 bridgehead atoms. The molecule has 1 aliphatic carbocycles. The number of amides is 2. The zero-order valence-corrected chi connectivity index (χ0v) is 10.5. The highest BCUT2D eigenvalue weighted by Gasteiger charge is 2.17. The molecule has 0 heterocycles. The van der Waals surface area contributed by atoms with E-state index in [2.05, 4.69) is 10.6 Å². The Morgan fingerprint density at radius 1 is 1.22 bits per heavy atom. The third kappa shape index (κ3) is 5.86. The number of rotatable bonds is 6. The summed E-state index contributed by atoms with van der Waals surface area (Å²) in [6, 6.07) is -0.0449. The van der Waals surface area contributed by atoms with E-state index in [1.165, 1.54) is 6.42 Å². The second kappa shape index (κ2) is 7.92. The summed E-state index contributed by atoms with van der Waals surface area (Å²) < 4.78 is 0. The molecule has 0 aliphatic heterocycles. The fraction of sp³-hybridized carbons (Fsp3) is 0.833. The molecule has 1 rings (SSSR count). The van der Waals surface area contributed by atoms with Crippen molar-refractivity contribution in [1.29, 1.82) is 0 Å². The molecule has 0 saturated heterocycles. The zero-order valence-electron chi connectivity index (χ0n) is 10.5. The largest absolute Gasteiger partial charge is 0.481 e. The van der Waals surface area contributed by atoms with Gasteiger partial charge in [0.15, 0.2) is 0 Å². The van der Waals surface area contributed by atoms with Crippen LogP contribution in [0, 0.1) is 5.92 Å². The van der Waals surface area contributed by atoms with Crippen molar-refractivity contribution in [3.05, 3.63) is 0 Å². The highest BCUT2D eigenvalue weighted by molar-refractivity contribution is 5.74. The number of aliphatic hydroxyl groups is 1. The molecule has 6 nitrogen and oxygen atoms in total. The molecule has 4 N–H and O–H groups in total. The maximum atomic E-state index is 11.6. The Morgan fingerprint density at radius 3 is 2.44 bits per heavy atom. The van der Waals surface area contributed by atoms with Crippen LogP contribution in [0.15, 0.2) is 0 Å². The van der Waals surface area contributed by atoms with Gasteiger partial charge in [0.25, 0.3) is 0 Å². The molecule has 0 aromatic heterocycles. The van der Waals surface area contributed by atoms with Gasteiger partial charge in [-0.15, -0.1) is 0 Å². The molecule has 0 aromatic carbocycles. The molecule has 0 spiro atoms.